The summed E-state index contributed by atoms with van der Waals surface area (Å²) in [6.45, 7) is 2.05. The molecule has 134 valence electrons. The van der Waals surface area contributed by atoms with E-state index in [9.17, 15) is 13.2 Å². The monoisotopic (exact) mass is 398 g/mol. The van der Waals surface area contributed by atoms with Crippen molar-refractivity contribution in [2.24, 2.45) is 0 Å². The Morgan fingerprint density at radius 3 is 2.60 bits per heavy atom. The third-order valence-electron chi connectivity index (χ3n) is 3.45. The number of carbonyl (C=O) groups excluding carboxylic acids is 1. The molecule has 1 amide bonds. The summed E-state index contributed by atoms with van der Waals surface area (Å²) in [6, 6.07) is 13.8. The second-order valence-corrected chi connectivity index (χ2v) is 8.94. The van der Waals surface area contributed by atoms with Gasteiger partial charge in [0.2, 0.25) is 15.9 Å². The van der Waals surface area contributed by atoms with E-state index in [2.05, 4.69) is 10.0 Å². The SMILES string of the molecule is CNS(=O)(=O)c1cccc(CNC(=O)C(C)Sc2ccccc2Cl)c1. The molecule has 2 aromatic carbocycles. The molecule has 0 aliphatic heterocycles. The molecule has 0 heterocycles. The maximum atomic E-state index is 12.3. The average Bonchev–Trinajstić information content (AvgIpc) is 2.61. The molecule has 8 heteroatoms. The summed E-state index contributed by atoms with van der Waals surface area (Å²) in [7, 11) is -2.14. The van der Waals surface area contributed by atoms with Crippen molar-refractivity contribution in [2.45, 2.75) is 28.5 Å². The lowest BCUT2D eigenvalue weighted by Crippen LogP contribution is -2.30. The topological polar surface area (TPSA) is 75.3 Å². The van der Waals surface area contributed by atoms with Crippen LogP contribution < -0.4 is 10.0 Å². The maximum absolute atomic E-state index is 12.3. The van der Waals surface area contributed by atoms with Gasteiger partial charge in [-0.3, -0.25) is 4.79 Å². The van der Waals surface area contributed by atoms with Gasteiger partial charge in [-0.15, -0.1) is 11.8 Å². The minimum atomic E-state index is -3.50. The highest BCUT2D eigenvalue weighted by Crippen LogP contribution is 2.30. The highest BCUT2D eigenvalue weighted by Gasteiger charge is 2.16. The van der Waals surface area contributed by atoms with Gasteiger partial charge in [-0.25, -0.2) is 13.1 Å². The second-order valence-electron chi connectivity index (χ2n) is 5.26. The van der Waals surface area contributed by atoms with E-state index in [1.165, 1.54) is 30.9 Å². The maximum Gasteiger partial charge on any atom is 0.240 e. The zero-order valence-corrected chi connectivity index (χ0v) is 16.2. The summed E-state index contributed by atoms with van der Waals surface area (Å²) >= 11 is 7.48. The van der Waals surface area contributed by atoms with Gasteiger partial charge in [0.25, 0.3) is 0 Å². The van der Waals surface area contributed by atoms with Crippen molar-refractivity contribution in [1.82, 2.24) is 10.0 Å². The summed E-state index contributed by atoms with van der Waals surface area (Å²) < 4.78 is 25.9. The van der Waals surface area contributed by atoms with Crippen molar-refractivity contribution in [3.8, 4) is 0 Å². The Labute approximate surface area is 157 Å². The van der Waals surface area contributed by atoms with Crippen molar-refractivity contribution >= 4 is 39.3 Å². The van der Waals surface area contributed by atoms with Crippen molar-refractivity contribution in [3.05, 3.63) is 59.1 Å². The van der Waals surface area contributed by atoms with Crippen LogP contribution in [0, 0.1) is 0 Å². The lowest BCUT2D eigenvalue weighted by Gasteiger charge is -2.13. The zero-order valence-electron chi connectivity index (χ0n) is 13.8. The van der Waals surface area contributed by atoms with Gasteiger partial charge in [-0.2, -0.15) is 0 Å². The Morgan fingerprint density at radius 1 is 1.20 bits per heavy atom. The van der Waals surface area contributed by atoms with E-state index < -0.39 is 10.0 Å². The molecule has 5 nitrogen and oxygen atoms in total. The number of carbonyl (C=O) groups is 1. The van der Waals surface area contributed by atoms with E-state index >= 15 is 0 Å². The van der Waals surface area contributed by atoms with E-state index in [1.807, 2.05) is 18.2 Å². The minimum absolute atomic E-state index is 0.146. The van der Waals surface area contributed by atoms with Crippen molar-refractivity contribution < 1.29 is 13.2 Å². The highest BCUT2D eigenvalue weighted by atomic mass is 35.5. The van der Waals surface area contributed by atoms with Crippen LogP contribution in [0.2, 0.25) is 5.02 Å². The quantitative estimate of drug-likeness (QED) is 0.703. The van der Waals surface area contributed by atoms with Crippen molar-refractivity contribution in [2.75, 3.05) is 7.05 Å². The molecule has 0 spiro atoms. The van der Waals surface area contributed by atoms with Crippen LogP contribution in [0.25, 0.3) is 0 Å². The molecule has 0 bridgehead atoms. The molecule has 0 aromatic heterocycles. The first-order chi connectivity index (χ1) is 11.8. The normalized spacial score (nSPS) is 12.6. The lowest BCUT2D eigenvalue weighted by atomic mass is 10.2. The van der Waals surface area contributed by atoms with Crippen LogP contribution in [0.15, 0.2) is 58.3 Å². The first-order valence-corrected chi connectivity index (χ1v) is 10.3. The minimum Gasteiger partial charge on any atom is -0.351 e. The van der Waals surface area contributed by atoms with Crippen LogP contribution in [-0.4, -0.2) is 26.6 Å². The first-order valence-electron chi connectivity index (χ1n) is 7.55. The Bertz CT molecular complexity index is 856. The number of hydrogen-bond acceptors (Lipinski definition) is 4. The van der Waals surface area contributed by atoms with Crippen molar-refractivity contribution in [3.63, 3.8) is 0 Å². The number of hydrogen-bond donors (Lipinski definition) is 2. The van der Waals surface area contributed by atoms with Crippen LogP contribution >= 0.6 is 23.4 Å². The Morgan fingerprint density at radius 2 is 1.92 bits per heavy atom. The third-order valence-corrected chi connectivity index (χ3v) is 6.49. The Balaban J connectivity index is 1.98. The second kappa shape index (κ2) is 8.71. The first kappa shape index (κ1) is 19.8. The summed E-state index contributed by atoms with van der Waals surface area (Å²) in [5, 5.41) is 3.10. The number of halogens is 1. The molecule has 2 aromatic rings. The van der Waals surface area contributed by atoms with E-state index in [4.69, 9.17) is 11.6 Å². The largest absolute Gasteiger partial charge is 0.351 e. The molecule has 1 unspecified atom stereocenters. The predicted molar refractivity (Wildman–Crippen MR) is 101 cm³/mol. The molecular formula is C17H19ClN2O3S2. The third kappa shape index (κ3) is 5.47. The van der Waals surface area contributed by atoms with Gasteiger partial charge in [-0.1, -0.05) is 35.9 Å². The van der Waals surface area contributed by atoms with Gasteiger partial charge in [0.1, 0.15) is 0 Å². The fourth-order valence-corrected chi connectivity index (χ4v) is 4.04. The summed E-state index contributed by atoms with van der Waals surface area (Å²) in [5.41, 5.74) is 0.708. The number of rotatable bonds is 7. The summed E-state index contributed by atoms with van der Waals surface area (Å²) in [6.07, 6.45) is 0. The molecular weight excluding hydrogens is 380 g/mol. The van der Waals surface area contributed by atoms with E-state index in [0.717, 1.165) is 4.90 Å². The number of amides is 1. The summed E-state index contributed by atoms with van der Waals surface area (Å²) in [4.78, 5) is 13.3. The molecule has 0 aliphatic carbocycles. The van der Waals surface area contributed by atoms with E-state index in [-0.39, 0.29) is 22.6 Å². The van der Waals surface area contributed by atoms with Crippen LogP contribution in [-0.2, 0) is 21.4 Å². The van der Waals surface area contributed by atoms with Crippen LogP contribution in [0.3, 0.4) is 0 Å². The van der Waals surface area contributed by atoms with Gasteiger partial charge in [0.15, 0.2) is 0 Å². The molecule has 1 atom stereocenters. The van der Waals surface area contributed by atoms with Crippen molar-refractivity contribution in [1.29, 1.82) is 0 Å². The van der Waals surface area contributed by atoms with E-state index in [1.54, 1.807) is 25.1 Å². The van der Waals surface area contributed by atoms with Crippen LogP contribution in [0.1, 0.15) is 12.5 Å². The zero-order chi connectivity index (χ0) is 18.4. The molecule has 0 radical (unpaired) electrons. The van der Waals surface area contributed by atoms with Gasteiger partial charge in [0.05, 0.1) is 15.2 Å². The van der Waals surface area contributed by atoms with Gasteiger partial charge >= 0.3 is 0 Å². The molecule has 0 saturated heterocycles. The number of sulfonamides is 1. The molecule has 0 fully saturated rings. The number of thioether (sulfide) groups is 1. The van der Waals surface area contributed by atoms with Crippen LogP contribution in [0.5, 0.6) is 0 Å². The fourth-order valence-electron chi connectivity index (χ4n) is 2.06. The van der Waals surface area contributed by atoms with Gasteiger partial charge < -0.3 is 5.32 Å². The lowest BCUT2D eigenvalue weighted by molar-refractivity contribution is -0.120. The van der Waals surface area contributed by atoms with E-state index in [0.29, 0.717) is 10.6 Å². The standard InChI is InChI=1S/C17H19ClN2O3S2/c1-12(24-16-9-4-3-8-15(16)18)17(21)20-11-13-6-5-7-14(10-13)25(22,23)19-2/h3-10,12,19H,11H2,1-2H3,(H,20,21). The number of nitrogens with one attached hydrogen (secondary N) is 2. The highest BCUT2D eigenvalue weighted by molar-refractivity contribution is 8.00. The Hall–Kier alpha value is -1.54. The molecule has 0 saturated carbocycles. The number of benzene rings is 2. The smallest absolute Gasteiger partial charge is 0.240 e. The average molecular weight is 399 g/mol. The van der Waals surface area contributed by atoms with Crippen LogP contribution in [0.4, 0.5) is 0 Å². The molecule has 25 heavy (non-hydrogen) atoms. The fraction of sp³-hybridized carbons (Fsp3) is 0.235. The van der Waals surface area contributed by atoms with Gasteiger partial charge in [0, 0.05) is 11.4 Å². The molecule has 2 rings (SSSR count). The molecule has 0 aliphatic rings. The van der Waals surface area contributed by atoms with Gasteiger partial charge in [-0.05, 0) is 43.8 Å². The summed E-state index contributed by atoms with van der Waals surface area (Å²) in [5.74, 6) is -0.146. The Kier molecular flexibility index (Phi) is 6.89. The predicted octanol–water partition coefficient (Wildman–Crippen LogP) is 3.05. The molecule has 2 N–H and O–H groups in total.